The second-order valence-corrected chi connectivity index (χ2v) is 7.23. The van der Waals surface area contributed by atoms with Crippen LogP contribution in [-0.2, 0) is 10.0 Å². The van der Waals surface area contributed by atoms with Gasteiger partial charge >= 0.3 is 0 Å². The third-order valence-corrected chi connectivity index (χ3v) is 5.02. The van der Waals surface area contributed by atoms with E-state index in [4.69, 9.17) is 4.74 Å². The number of methoxy groups -OCH3 is 1. The van der Waals surface area contributed by atoms with Crippen molar-refractivity contribution in [1.82, 2.24) is 4.72 Å². The molecule has 0 aliphatic heterocycles. The minimum atomic E-state index is -3.96. The van der Waals surface area contributed by atoms with Gasteiger partial charge in [-0.2, -0.15) is 0 Å². The van der Waals surface area contributed by atoms with E-state index < -0.39 is 21.9 Å². The molecule has 0 fully saturated rings. The van der Waals surface area contributed by atoms with Gasteiger partial charge < -0.3 is 4.74 Å². The number of halogens is 1. The zero-order valence-electron chi connectivity index (χ0n) is 13.3. The highest BCUT2D eigenvalue weighted by Gasteiger charge is 2.26. The second kappa shape index (κ2) is 7.10. The van der Waals surface area contributed by atoms with Crippen LogP contribution in [0, 0.1) is 11.7 Å². The number of rotatable bonds is 6. The monoisotopic (exact) mass is 337 g/mol. The van der Waals surface area contributed by atoms with Gasteiger partial charge in [0.25, 0.3) is 0 Å². The summed E-state index contributed by atoms with van der Waals surface area (Å²) in [5, 5.41) is 0. The molecule has 0 aromatic heterocycles. The molecule has 1 unspecified atom stereocenters. The van der Waals surface area contributed by atoms with Crippen molar-refractivity contribution in [3.8, 4) is 5.75 Å². The van der Waals surface area contributed by atoms with Crippen LogP contribution in [0.1, 0.15) is 25.5 Å². The van der Waals surface area contributed by atoms with Gasteiger partial charge in [-0.3, -0.25) is 0 Å². The van der Waals surface area contributed by atoms with Crippen molar-refractivity contribution in [2.75, 3.05) is 7.11 Å². The molecule has 124 valence electrons. The fraction of sp³-hybridized carbons (Fsp3) is 0.294. The Morgan fingerprint density at radius 3 is 2.17 bits per heavy atom. The van der Waals surface area contributed by atoms with Crippen LogP contribution in [0.3, 0.4) is 0 Å². The van der Waals surface area contributed by atoms with Crippen LogP contribution in [0.25, 0.3) is 0 Å². The summed E-state index contributed by atoms with van der Waals surface area (Å²) in [7, 11) is -2.39. The average Bonchev–Trinajstić information content (AvgIpc) is 2.53. The van der Waals surface area contributed by atoms with E-state index in [0.717, 1.165) is 11.6 Å². The molecule has 23 heavy (non-hydrogen) atoms. The fourth-order valence-electron chi connectivity index (χ4n) is 2.29. The molecule has 2 aromatic carbocycles. The molecule has 0 saturated carbocycles. The highest BCUT2D eigenvalue weighted by atomic mass is 32.2. The highest BCUT2D eigenvalue weighted by molar-refractivity contribution is 7.89. The predicted octanol–water partition coefficient (Wildman–Crippen LogP) is 3.51. The fourth-order valence-corrected chi connectivity index (χ4v) is 3.75. The lowest BCUT2D eigenvalue weighted by Gasteiger charge is -2.23. The van der Waals surface area contributed by atoms with Gasteiger partial charge in [0.2, 0.25) is 10.0 Å². The smallest absolute Gasteiger partial charge is 0.244 e. The molecular weight excluding hydrogens is 317 g/mol. The van der Waals surface area contributed by atoms with Crippen LogP contribution < -0.4 is 9.46 Å². The van der Waals surface area contributed by atoms with Crippen LogP contribution in [0.4, 0.5) is 4.39 Å². The van der Waals surface area contributed by atoms with Crippen molar-refractivity contribution in [2.45, 2.75) is 24.8 Å². The first kappa shape index (κ1) is 17.4. The number of hydrogen-bond donors (Lipinski definition) is 1. The Kier molecular flexibility index (Phi) is 5.38. The SMILES string of the molecule is COc1ccc(C(NS(=O)(=O)c2ccccc2F)C(C)C)cc1. The number of sulfonamides is 1. The summed E-state index contributed by atoms with van der Waals surface area (Å²) in [5.74, 6) is -0.0876. The molecule has 0 bridgehead atoms. The molecular formula is C17H20FNO3S. The van der Waals surface area contributed by atoms with E-state index >= 15 is 0 Å². The Labute approximate surface area is 136 Å². The van der Waals surface area contributed by atoms with Gasteiger partial charge in [-0.05, 0) is 35.7 Å². The summed E-state index contributed by atoms with van der Waals surface area (Å²) in [6.45, 7) is 3.80. The second-order valence-electron chi connectivity index (χ2n) is 5.55. The molecule has 1 atom stereocenters. The summed E-state index contributed by atoms with van der Waals surface area (Å²) in [6, 6.07) is 12.0. The van der Waals surface area contributed by atoms with Crippen LogP contribution in [0.5, 0.6) is 5.75 Å². The maximum atomic E-state index is 13.8. The largest absolute Gasteiger partial charge is 0.497 e. The first-order chi connectivity index (χ1) is 10.8. The topological polar surface area (TPSA) is 55.4 Å². The van der Waals surface area contributed by atoms with E-state index in [9.17, 15) is 12.8 Å². The molecule has 1 N–H and O–H groups in total. The molecule has 0 saturated heterocycles. The van der Waals surface area contributed by atoms with Crippen molar-refractivity contribution in [3.05, 3.63) is 59.9 Å². The van der Waals surface area contributed by atoms with Crippen LogP contribution in [0.2, 0.25) is 0 Å². The van der Waals surface area contributed by atoms with Gasteiger partial charge in [-0.25, -0.2) is 17.5 Å². The molecule has 0 aliphatic rings. The Bertz CT molecular complexity index is 758. The lowest BCUT2D eigenvalue weighted by molar-refractivity contribution is 0.413. The van der Waals surface area contributed by atoms with Gasteiger partial charge in [0.1, 0.15) is 16.5 Å². The van der Waals surface area contributed by atoms with Gasteiger partial charge in [0, 0.05) is 6.04 Å². The van der Waals surface area contributed by atoms with E-state index in [2.05, 4.69) is 4.72 Å². The third-order valence-electron chi connectivity index (χ3n) is 3.55. The zero-order valence-corrected chi connectivity index (χ0v) is 14.1. The van der Waals surface area contributed by atoms with E-state index in [1.807, 2.05) is 13.8 Å². The van der Waals surface area contributed by atoms with Gasteiger partial charge in [-0.15, -0.1) is 0 Å². The van der Waals surface area contributed by atoms with Crippen molar-refractivity contribution < 1.29 is 17.5 Å². The van der Waals surface area contributed by atoms with Gasteiger partial charge in [-0.1, -0.05) is 38.1 Å². The van der Waals surface area contributed by atoms with E-state index in [1.54, 1.807) is 31.4 Å². The van der Waals surface area contributed by atoms with Crippen molar-refractivity contribution >= 4 is 10.0 Å². The normalized spacial score (nSPS) is 13.1. The van der Waals surface area contributed by atoms with Crippen molar-refractivity contribution in [1.29, 1.82) is 0 Å². The Morgan fingerprint density at radius 1 is 1.04 bits per heavy atom. The first-order valence-corrected chi connectivity index (χ1v) is 8.74. The van der Waals surface area contributed by atoms with E-state index in [0.29, 0.717) is 5.75 Å². The summed E-state index contributed by atoms with van der Waals surface area (Å²) >= 11 is 0. The lowest BCUT2D eigenvalue weighted by Crippen LogP contribution is -2.32. The molecule has 0 heterocycles. The Hall–Kier alpha value is -1.92. The summed E-state index contributed by atoms with van der Waals surface area (Å²) in [6.07, 6.45) is 0. The van der Waals surface area contributed by atoms with Gasteiger partial charge in [0.15, 0.2) is 0 Å². The minimum absolute atomic E-state index is 0.00931. The molecule has 0 spiro atoms. The van der Waals surface area contributed by atoms with Crippen molar-refractivity contribution in [2.24, 2.45) is 5.92 Å². The quantitative estimate of drug-likeness (QED) is 0.877. The maximum Gasteiger partial charge on any atom is 0.244 e. The standard InChI is InChI=1S/C17H20FNO3S/c1-12(2)17(13-8-10-14(22-3)11-9-13)19-23(20,21)16-7-5-4-6-15(16)18/h4-12,17,19H,1-3H3. The van der Waals surface area contributed by atoms with E-state index in [1.165, 1.54) is 18.2 Å². The summed E-state index contributed by atoms with van der Waals surface area (Å²) in [4.78, 5) is -0.348. The van der Waals surface area contributed by atoms with E-state index in [-0.39, 0.29) is 10.8 Å². The number of benzene rings is 2. The first-order valence-electron chi connectivity index (χ1n) is 7.26. The lowest BCUT2D eigenvalue weighted by atomic mass is 9.97. The zero-order chi connectivity index (χ0) is 17.0. The maximum absolute atomic E-state index is 13.8. The van der Waals surface area contributed by atoms with Crippen LogP contribution >= 0.6 is 0 Å². The highest BCUT2D eigenvalue weighted by Crippen LogP contribution is 2.26. The summed E-state index contributed by atoms with van der Waals surface area (Å²) in [5.41, 5.74) is 0.792. The van der Waals surface area contributed by atoms with Crippen LogP contribution in [-0.4, -0.2) is 15.5 Å². The molecule has 0 radical (unpaired) electrons. The van der Waals surface area contributed by atoms with Crippen molar-refractivity contribution in [3.63, 3.8) is 0 Å². The number of ether oxygens (including phenoxy) is 1. The molecule has 0 aliphatic carbocycles. The number of nitrogens with one attached hydrogen (secondary N) is 1. The van der Waals surface area contributed by atoms with Crippen LogP contribution in [0.15, 0.2) is 53.4 Å². The molecule has 6 heteroatoms. The Balaban J connectivity index is 2.34. The third kappa shape index (κ3) is 4.09. The molecule has 4 nitrogen and oxygen atoms in total. The predicted molar refractivity (Wildman–Crippen MR) is 87.3 cm³/mol. The molecule has 2 rings (SSSR count). The molecule has 2 aromatic rings. The summed E-state index contributed by atoms with van der Waals surface area (Å²) < 4.78 is 46.5. The van der Waals surface area contributed by atoms with Gasteiger partial charge in [0.05, 0.1) is 7.11 Å². The number of hydrogen-bond acceptors (Lipinski definition) is 3. The average molecular weight is 337 g/mol. The molecule has 0 amide bonds. The minimum Gasteiger partial charge on any atom is -0.497 e. The Morgan fingerprint density at radius 2 is 1.65 bits per heavy atom.